The molecule has 1 N–H and O–H groups in total. The molecule has 1 aliphatic heterocycles. The van der Waals surface area contributed by atoms with E-state index in [1.165, 1.54) is 25.7 Å². The summed E-state index contributed by atoms with van der Waals surface area (Å²) in [6.45, 7) is 2.28. The average molecular weight is 111 g/mol. The second-order valence-corrected chi connectivity index (χ2v) is 3.36. The lowest BCUT2D eigenvalue weighted by Crippen LogP contribution is -2.28. The van der Waals surface area contributed by atoms with Gasteiger partial charge in [-0.2, -0.15) is 0 Å². The van der Waals surface area contributed by atoms with E-state index in [0.717, 1.165) is 6.04 Å². The van der Waals surface area contributed by atoms with Gasteiger partial charge in [-0.05, 0) is 32.6 Å². The molecule has 1 aliphatic carbocycles. The molecule has 0 amide bonds. The first-order valence-electron chi connectivity index (χ1n) is 3.58. The zero-order valence-electron chi connectivity index (χ0n) is 5.41. The molecule has 2 fully saturated rings. The fourth-order valence-electron chi connectivity index (χ4n) is 1.71. The minimum Gasteiger partial charge on any atom is -0.309 e. The smallest absolute Gasteiger partial charge is 0.0186 e. The minimum absolute atomic E-state index is 0.666. The van der Waals surface area contributed by atoms with Gasteiger partial charge >= 0.3 is 0 Å². The molecule has 46 valence electrons. The third-order valence-electron chi connectivity index (χ3n) is 2.46. The summed E-state index contributed by atoms with van der Waals surface area (Å²) in [6.07, 6.45) is 5.73. The van der Waals surface area contributed by atoms with Crippen molar-refractivity contribution in [3.63, 3.8) is 0 Å². The molecule has 2 aliphatic rings. The predicted octanol–water partition coefficient (Wildman–Crippen LogP) is 1.29. The van der Waals surface area contributed by atoms with Crippen molar-refractivity contribution in [1.29, 1.82) is 0 Å². The minimum atomic E-state index is 0.666. The summed E-state index contributed by atoms with van der Waals surface area (Å²) in [5.41, 5.74) is 0.666. The third kappa shape index (κ3) is 0.576. The van der Waals surface area contributed by atoms with Gasteiger partial charge in [0.25, 0.3) is 0 Å². The van der Waals surface area contributed by atoms with Gasteiger partial charge in [0.05, 0.1) is 0 Å². The van der Waals surface area contributed by atoms with Crippen molar-refractivity contribution in [2.45, 2.75) is 44.2 Å². The predicted molar refractivity (Wildman–Crippen MR) is 33.8 cm³/mol. The lowest BCUT2D eigenvalue weighted by atomic mass is 10.2. The van der Waals surface area contributed by atoms with Gasteiger partial charge in [0.1, 0.15) is 0 Å². The van der Waals surface area contributed by atoms with Crippen LogP contribution < -0.4 is 5.32 Å². The molecule has 0 aromatic carbocycles. The van der Waals surface area contributed by atoms with Gasteiger partial charge in [-0.1, -0.05) is 0 Å². The lowest BCUT2D eigenvalue weighted by molar-refractivity contribution is 0.552. The van der Waals surface area contributed by atoms with Crippen LogP contribution in [0.4, 0.5) is 0 Å². The SMILES string of the molecule is C[C@@H]1CCC2(CC2)N1. The van der Waals surface area contributed by atoms with Gasteiger partial charge in [0, 0.05) is 11.6 Å². The average Bonchev–Trinajstić information content (AvgIpc) is 2.34. The highest BCUT2D eigenvalue weighted by Crippen LogP contribution is 2.44. The van der Waals surface area contributed by atoms with E-state index in [2.05, 4.69) is 12.2 Å². The molecule has 1 nitrogen and oxygen atoms in total. The molecule has 2 rings (SSSR count). The molecule has 1 spiro atoms. The molecular weight excluding hydrogens is 98.1 g/mol. The molecular formula is C7H13N. The van der Waals surface area contributed by atoms with E-state index >= 15 is 0 Å². The van der Waals surface area contributed by atoms with E-state index in [1.807, 2.05) is 0 Å². The Kier molecular flexibility index (Phi) is 0.762. The maximum Gasteiger partial charge on any atom is 0.0186 e. The van der Waals surface area contributed by atoms with Crippen LogP contribution in [0.5, 0.6) is 0 Å². The fourth-order valence-corrected chi connectivity index (χ4v) is 1.71. The first-order chi connectivity index (χ1) is 3.81. The van der Waals surface area contributed by atoms with Crippen LogP contribution >= 0.6 is 0 Å². The molecule has 1 saturated heterocycles. The van der Waals surface area contributed by atoms with Crippen LogP contribution in [0.3, 0.4) is 0 Å². The highest BCUT2D eigenvalue weighted by Gasteiger charge is 2.46. The van der Waals surface area contributed by atoms with E-state index in [1.54, 1.807) is 0 Å². The quantitative estimate of drug-likeness (QED) is 0.496. The number of hydrogen-bond acceptors (Lipinski definition) is 1. The molecule has 8 heavy (non-hydrogen) atoms. The topological polar surface area (TPSA) is 12.0 Å². The van der Waals surface area contributed by atoms with Crippen LogP contribution in [-0.2, 0) is 0 Å². The van der Waals surface area contributed by atoms with Crippen LogP contribution in [0.15, 0.2) is 0 Å². The Hall–Kier alpha value is -0.0400. The van der Waals surface area contributed by atoms with Gasteiger partial charge < -0.3 is 5.32 Å². The summed E-state index contributed by atoms with van der Waals surface area (Å²) >= 11 is 0. The summed E-state index contributed by atoms with van der Waals surface area (Å²) in [6, 6.07) is 0.803. The summed E-state index contributed by atoms with van der Waals surface area (Å²) in [7, 11) is 0. The van der Waals surface area contributed by atoms with Crippen LogP contribution in [0.2, 0.25) is 0 Å². The maximum absolute atomic E-state index is 3.60. The molecule has 0 unspecified atom stereocenters. The molecule has 0 aromatic rings. The Labute approximate surface area is 50.5 Å². The summed E-state index contributed by atoms with van der Waals surface area (Å²) < 4.78 is 0. The van der Waals surface area contributed by atoms with Crippen molar-refractivity contribution in [3.05, 3.63) is 0 Å². The van der Waals surface area contributed by atoms with Gasteiger partial charge in [-0.15, -0.1) is 0 Å². The van der Waals surface area contributed by atoms with Crippen molar-refractivity contribution in [3.8, 4) is 0 Å². The van der Waals surface area contributed by atoms with Crippen LogP contribution in [0, 0.1) is 0 Å². The van der Waals surface area contributed by atoms with Crippen molar-refractivity contribution < 1.29 is 0 Å². The van der Waals surface area contributed by atoms with Crippen molar-refractivity contribution in [2.75, 3.05) is 0 Å². The van der Waals surface area contributed by atoms with E-state index in [-0.39, 0.29) is 0 Å². The highest BCUT2D eigenvalue weighted by atomic mass is 15.1. The van der Waals surface area contributed by atoms with E-state index in [4.69, 9.17) is 0 Å². The van der Waals surface area contributed by atoms with Gasteiger partial charge in [0.15, 0.2) is 0 Å². The fraction of sp³-hybridized carbons (Fsp3) is 1.00. The van der Waals surface area contributed by atoms with Crippen LogP contribution in [0.1, 0.15) is 32.6 Å². The Balaban J connectivity index is 2.03. The Bertz CT molecular complexity index is 105. The second kappa shape index (κ2) is 1.27. The van der Waals surface area contributed by atoms with Crippen molar-refractivity contribution in [2.24, 2.45) is 0 Å². The van der Waals surface area contributed by atoms with Gasteiger partial charge in [-0.3, -0.25) is 0 Å². The summed E-state index contributed by atoms with van der Waals surface area (Å²) in [5.74, 6) is 0. The molecule has 1 heteroatoms. The molecule has 1 saturated carbocycles. The lowest BCUT2D eigenvalue weighted by Gasteiger charge is -2.05. The molecule has 1 heterocycles. The first-order valence-corrected chi connectivity index (χ1v) is 3.58. The number of rotatable bonds is 0. The normalized spacial score (nSPS) is 40.9. The van der Waals surface area contributed by atoms with Crippen molar-refractivity contribution in [1.82, 2.24) is 5.32 Å². The van der Waals surface area contributed by atoms with Gasteiger partial charge in [-0.25, -0.2) is 0 Å². The first kappa shape index (κ1) is 4.80. The zero-order chi connectivity index (χ0) is 5.61. The molecule has 1 atom stereocenters. The Morgan fingerprint density at radius 3 is 2.38 bits per heavy atom. The third-order valence-corrected chi connectivity index (χ3v) is 2.46. The van der Waals surface area contributed by atoms with E-state index in [0.29, 0.717) is 5.54 Å². The molecule has 0 radical (unpaired) electrons. The summed E-state index contributed by atoms with van der Waals surface area (Å²) in [4.78, 5) is 0. The number of hydrogen-bond donors (Lipinski definition) is 1. The standard InChI is InChI=1S/C7H13N/c1-6-2-3-7(8-6)4-5-7/h6,8H,2-5H2,1H3/t6-/m1/s1. The summed E-state index contributed by atoms with van der Waals surface area (Å²) in [5, 5.41) is 3.60. The number of nitrogens with one attached hydrogen (secondary N) is 1. The van der Waals surface area contributed by atoms with E-state index < -0.39 is 0 Å². The molecule has 0 aromatic heterocycles. The molecule has 0 bridgehead atoms. The zero-order valence-corrected chi connectivity index (χ0v) is 5.41. The highest BCUT2D eigenvalue weighted by molar-refractivity contribution is 5.07. The largest absolute Gasteiger partial charge is 0.309 e. The van der Waals surface area contributed by atoms with Crippen LogP contribution in [0.25, 0.3) is 0 Å². The Morgan fingerprint density at radius 1 is 1.38 bits per heavy atom. The maximum atomic E-state index is 3.60. The van der Waals surface area contributed by atoms with E-state index in [9.17, 15) is 0 Å². The monoisotopic (exact) mass is 111 g/mol. The van der Waals surface area contributed by atoms with Gasteiger partial charge in [0.2, 0.25) is 0 Å². The van der Waals surface area contributed by atoms with Crippen molar-refractivity contribution >= 4 is 0 Å². The second-order valence-electron chi connectivity index (χ2n) is 3.36. The Morgan fingerprint density at radius 2 is 2.12 bits per heavy atom. The van der Waals surface area contributed by atoms with Crippen LogP contribution in [-0.4, -0.2) is 11.6 Å².